The van der Waals surface area contributed by atoms with E-state index in [1.807, 2.05) is 43.3 Å². The largest absolute Gasteiger partial charge is 0.486 e. The summed E-state index contributed by atoms with van der Waals surface area (Å²) in [5.74, 6) is 1.18. The SMILES string of the molecule is CCn1c(=O)n(CCC(=O)Nc2nc3cc4c(cc3s2)OCCO4)c2ccccc21. The zero-order chi connectivity index (χ0) is 20.7. The molecule has 0 bridgehead atoms. The molecule has 0 fully saturated rings. The smallest absolute Gasteiger partial charge is 0.329 e. The number of thiazole rings is 1. The predicted molar refractivity (Wildman–Crippen MR) is 116 cm³/mol. The van der Waals surface area contributed by atoms with Crippen LogP contribution in [0, 0.1) is 0 Å². The van der Waals surface area contributed by atoms with Gasteiger partial charge in [0.2, 0.25) is 5.91 Å². The first kappa shape index (κ1) is 18.7. The summed E-state index contributed by atoms with van der Waals surface area (Å²) in [5.41, 5.74) is 2.37. The summed E-state index contributed by atoms with van der Waals surface area (Å²) in [5, 5.41) is 3.36. The Morgan fingerprint density at radius 3 is 2.57 bits per heavy atom. The normalized spacial score (nSPS) is 13.1. The number of carbonyl (C=O) groups is 1. The van der Waals surface area contributed by atoms with E-state index in [4.69, 9.17) is 9.47 Å². The van der Waals surface area contributed by atoms with Crippen LogP contribution >= 0.6 is 11.3 Å². The second-order valence-electron chi connectivity index (χ2n) is 6.95. The number of para-hydroxylation sites is 2. The third-order valence-corrected chi connectivity index (χ3v) is 6.04. The van der Waals surface area contributed by atoms with Gasteiger partial charge in [0, 0.05) is 31.6 Å². The zero-order valence-electron chi connectivity index (χ0n) is 16.4. The Morgan fingerprint density at radius 2 is 1.83 bits per heavy atom. The molecule has 30 heavy (non-hydrogen) atoms. The minimum Gasteiger partial charge on any atom is -0.486 e. The summed E-state index contributed by atoms with van der Waals surface area (Å²) >= 11 is 1.38. The number of fused-ring (bicyclic) bond motifs is 3. The van der Waals surface area contributed by atoms with Gasteiger partial charge in [-0.05, 0) is 19.1 Å². The fourth-order valence-corrected chi connectivity index (χ4v) is 4.60. The van der Waals surface area contributed by atoms with E-state index in [-0.39, 0.29) is 18.0 Å². The third-order valence-electron chi connectivity index (χ3n) is 5.10. The van der Waals surface area contributed by atoms with E-state index in [2.05, 4.69) is 10.3 Å². The standard InChI is InChI=1S/C21H20N4O4S/c1-2-24-14-5-3-4-6-15(14)25(21(24)27)8-7-19(26)23-20-22-13-11-16-17(12-18(13)30-20)29-10-9-28-16/h3-6,11-12H,2,7-10H2,1H3,(H,22,23,26). The molecule has 3 heterocycles. The van der Waals surface area contributed by atoms with Gasteiger partial charge in [-0.25, -0.2) is 9.78 Å². The summed E-state index contributed by atoms with van der Waals surface area (Å²) in [6.07, 6.45) is 0.177. The highest BCUT2D eigenvalue weighted by Gasteiger charge is 2.17. The minimum atomic E-state index is -0.188. The summed E-state index contributed by atoms with van der Waals surface area (Å²) in [6, 6.07) is 11.3. The molecule has 0 spiro atoms. The second kappa shape index (κ2) is 7.49. The molecular formula is C21H20N4O4S. The Balaban J connectivity index is 1.33. The molecule has 2 aromatic heterocycles. The van der Waals surface area contributed by atoms with Crippen LogP contribution < -0.4 is 20.5 Å². The van der Waals surface area contributed by atoms with Crippen LogP contribution in [0.3, 0.4) is 0 Å². The molecule has 0 unspecified atom stereocenters. The van der Waals surface area contributed by atoms with Crippen molar-refractivity contribution < 1.29 is 14.3 Å². The van der Waals surface area contributed by atoms with E-state index in [9.17, 15) is 9.59 Å². The van der Waals surface area contributed by atoms with E-state index in [1.165, 1.54) is 11.3 Å². The van der Waals surface area contributed by atoms with E-state index in [0.29, 0.717) is 42.9 Å². The number of ether oxygens (including phenoxy) is 2. The molecule has 0 aliphatic carbocycles. The topological polar surface area (TPSA) is 87.4 Å². The van der Waals surface area contributed by atoms with Crippen molar-refractivity contribution in [3.8, 4) is 11.5 Å². The molecule has 8 nitrogen and oxygen atoms in total. The molecule has 154 valence electrons. The lowest BCUT2D eigenvalue weighted by molar-refractivity contribution is -0.116. The number of carbonyl (C=O) groups excluding carboxylic acids is 1. The molecule has 9 heteroatoms. The molecule has 2 aromatic carbocycles. The quantitative estimate of drug-likeness (QED) is 0.532. The van der Waals surface area contributed by atoms with Crippen molar-refractivity contribution in [3.05, 3.63) is 46.9 Å². The van der Waals surface area contributed by atoms with Gasteiger partial charge >= 0.3 is 5.69 Å². The van der Waals surface area contributed by atoms with Gasteiger partial charge in [0.05, 0.1) is 21.3 Å². The van der Waals surface area contributed by atoms with Crippen LogP contribution in [0.15, 0.2) is 41.2 Å². The predicted octanol–water partition coefficient (Wildman–Crippen LogP) is 3.23. The fraction of sp³-hybridized carbons (Fsp3) is 0.286. The molecule has 0 saturated heterocycles. The number of amides is 1. The Kier molecular flexibility index (Phi) is 4.66. The number of hydrogen-bond donors (Lipinski definition) is 1. The Hall–Kier alpha value is -3.33. The molecule has 4 aromatic rings. The van der Waals surface area contributed by atoms with Gasteiger partial charge in [0.1, 0.15) is 13.2 Å². The Labute approximate surface area is 175 Å². The average Bonchev–Trinajstić information content (AvgIpc) is 3.26. The maximum absolute atomic E-state index is 12.7. The number of aryl methyl sites for hydroxylation is 2. The number of benzene rings is 2. The lowest BCUT2D eigenvalue weighted by Gasteiger charge is -2.17. The van der Waals surface area contributed by atoms with E-state index < -0.39 is 0 Å². The van der Waals surface area contributed by atoms with Crippen molar-refractivity contribution in [3.63, 3.8) is 0 Å². The number of rotatable bonds is 5. The van der Waals surface area contributed by atoms with E-state index >= 15 is 0 Å². The number of anilines is 1. The van der Waals surface area contributed by atoms with Crippen molar-refractivity contribution in [2.75, 3.05) is 18.5 Å². The molecular weight excluding hydrogens is 404 g/mol. The van der Waals surface area contributed by atoms with Gasteiger partial charge in [-0.2, -0.15) is 0 Å². The lowest BCUT2D eigenvalue weighted by Crippen LogP contribution is -2.25. The van der Waals surface area contributed by atoms with Gasteiger partial charge in [0.15, 0.2) is 16.6 Å². The van der Waals surface area contributed by atoms with Crippen LogP contribution in [0.4, 0.5) is 5.13 Å². The zero-order valence-corrected chi connectivity index (χ0v) is 17.2. The monoisotopic (exact) mass is 424 g/mol. The fourth-order valence-electron chi connectivity index (χ4n) is 3.71. The molecule has 1 amide bonds. The average molecular weight is 424 g/mol. The minimum absolute atomic E-state index is 0.0999. The summed E-state index contributed by atoms with van der Waals surface area (Å²) in [4.78, 5) is 29.7. The molecule has 0 saturated carbocycles. The first-order valence-electron chi connectivity index (χ1n) is 9.82. The molecule has 0 radical (unpaired) electrons. The van der Waals surface area contributed by atoms with Gasteiger partial charge in [0.25, 0.3) is 0 Å². The molecule has 1 aliphatic rings. The Morgan fingerprint density at radius 1 is 1.13 bits per heavy atom. The molecule has 1 N–H and O–H groups in total. The van der Waals surface area contributed by atoms with E-state index in [0.717, 1.165) is 21.3 Å². The highest BCUT2D eigenvalue weighted by Crippen LogP contribution is 2.37. The number of imidazole rings is 1. The molecule has 5 rings (SSSR count). The van der Waals surface area contributed by atoms with E-state index in [1.54, 1.807) is 9.13 Å². The first-order chi connectivity index (χ1) is 14.6. The van der Waals surface area contributed by atoms with Gasteiger partial charge in [-0.1, -0.05) is 23.5 Å². The highest BCUT2D eigenvalue weighted by molar-refractivity contribution is 7.22. The Bertz CT molecular complexity index is 1280. The van der Waals surface area contributed by atoms with Crippen molar-refractivity contribution in [2.45, 2.75) is 26.4 Å². The summed E-state index contributed by atoms with van der Waals surface area (Å²) in [6.45, 7) is 3.86. The maximum atomic E-state index is 12.7. The number of nitrogens with zero attached hydrogens (tertiary/aromatic N) is 3. The second-order valence-corrected chi connectivity index (χ2v) is 7.98. The van der Waals surface area contributed by atoms with Crippen LogP contribution in [0.1, 0.15) is 13.3 Å². The lowest BCUT2D eigenvalue weighted by atomic mass is 10.3. The number of hydrogen-bond acceptors (Lipinski definition) is 6. The van der Waals surface area contributed by atoms with Crippen LogP contribution in [0.5, 0.6) is 11.5 Å². The van der Waals surface area contributed by atoms with Crippen LogP contribution in [-0.4, -0.2) is 33.2 Å². The summed E-state index contributed by atoms with van der Waals surface area (Å²) < 4.78 is 15.5. The van der Waals surface area contributed by atoms with Gasteiger partial charge in [-0.15, -0.1) is 0 Å². The number of nitrogens with one attached hydrogen (secondary N) is 1. The maximum Gasteiger partial charge on any atom is 0.329 e. The van der Waals surface area contributed by atoms with Crippen molar-refractivity contribution >= 4 is 43.6 Å². The van der Waals surface area contributed by atoms with Crippen molar-refractivity contribution in [1.82, 2.24) is 14.1 Å². The van der Waals surface area contributed by atoms with Gasteiger partial charge in [-0.3, -0.25) is 13.9 Å². The highest BCUT2D eigenvalue weighted by atomic mass is 32.1. The van der Waals surface area contributed by atoms with Crippen LogP contribution in [-0.2, 0) is 17.9 Å². The summed E-state index contributed by atoms with van der Waals surface area (Å²) in [7, 11) is 0. The van der Waals surface area contributed by atoms with Crippen molar-refractivity contribution in [2.24, 2.45) is 0 Å². The molecule has 1 aliphatic heterocycles. The third kappa shape index (κ3) is 3.21. The number of aromatic nitrogens is 3. The molecule has 0 atom stereocenters. The van der Waals surface area contributed by atoms with Crippen LogP contribution in [0.2, 0.25) is 0 Å². The first-order valence-corrected chi connectivity index (χ1v) is 10.6. The van der Waals surface area contributed by atoms with Crippen LogP contribution in [0.25, 0.3) is 21.3 Å². The van der Waals surface area contributed by atoms with Crippen molar-refractivity contribution in [1.29, 1.82) is 0 Å². The van der Waals surface area contributed by atoms with Gasteiger partial charge < -0.3 is 14.8 Å².